The summed E-state index contributed by atoms with van der Waals surface area (Å²) in [6, 6.07) is 4.40. The molecule has 2 heterocycles. The first-order chi connectivity index (χ1) is 10.6. The minimum Gasteiger partial charge on any atom is -0.338 e. The number of carbonyl (C=O) groups excluding carboxylic acids is 2. The summed E-state index contributed by atoms with van der Waals surface area (Å²) in [5.74, 6) is -1.19. The molecule has 0 saturated carbocycles. The molecule has 0 bridgehead atoms. The summed E-state index contributed by atoms with van der Waals surface area (Å²) in [6.07, 6.45) is 2.08. The molecule has 0 aromatic heterocycles. The first-order valence-electron chi connectivity index (χ1n) is 7.64. The predicted molar refractivity (Wildman–Crippen MR) is 88.3 cm³/mol. The lowest BCUT2D eigenvalue weighted by molar-refractivity contribution is -0.135. The van der Waals surface area contributed by atoms with Crippen LogP contribution in [0.1, 0.15) is 30.7 Å². The van der Waals surface area contributed by atoms with E-state index in [2.05, 4.69) is 10.6 Å². The zero-order valence-electron chi connectivity index (χ0n) is 13.0. The summed E-state index contributed by atoms with van der Waals surface area (Å²) in [7, 11) is 1.87. The second-order valence-electron chi connectivity index (χ2n) is 5.92. The fourth-order valence-electron chi connectivity index (χ4n) is 3.43. The van der Waals surface area contributed by atoms with Crippen molar-refractivity contribution in [3.63, 3.8) is 0 Å². The van der Waals surface area contributed by atoms with Crippen LogP contribution in [0.25, 0.3) is 0 Å². The van der Waals surface area contributed by atoms with E-state index in [0.29, 0.717) is 11.3 Å². The Balaban J connectivity index is 0.00000192. The fraction of sp³-hybridized carbons (Fsp3) is 0.500. The van der Waals surface area contributed by atoms with E-state index < -0.39 is 11.7 Å². The number of hydrogen-bond acceptors (Lipinski definition) is 3. The van der Waals surface area contributed by atoms with Crippen molar-refractivity contribution < 1.29 is 14.0 Å². The van der Waals surface area contributed by atoms with Crippen LogP contribution < -0.4 is 10.6 Å². The van der Waals surface area contributed by atoms with Crippen molar-refractivity contribution in [2.24, 2.45) is 0 Å². The van der Waals surface area contributed by atoms with Gasteiger partial charge in [0.2, 0.25) is 11.8 Å². The number of rotatable bonds is 3. The van der Waals surface area contributed by atoms with E-state index in [4.69, 9.17) is 0 Å². The zero-order valence-corrected chi connectivity index (χ0v) is 13.8. The van der Waals surface area contributed by atoms with Gasteiger partial charge in [-0.2, -0.15) is 0 Å². The Morgan fingerprint density at radius 2 is 2.26 bits per heavy atom. The molecule has 23 heavy (non-hydrogen) atoms. The standard InChI is InChI=1S/C16H20FN3O2.ClH/c1-18-9-11-3-2-6-20(11)16(22)13-8-15(21)19-14-7-10(17)4-5-12(13)14;/h4-5,7,11,13,18H,2-3,6,8-9H2,1H3,(H,19,21);1H. The van der Waals surface area contributed by atoms with Gasteiger partial charge in [-0.05, 0) is 37.6 Å². The van der Waals surface area contributed by atoms with Gasteiger partial charge < -0.3 is 15.5 Å². The summed E-state index contributed by atoms with van der Waals surface area (Å²) in [5.41, 5.74) is 1.13. The average molecular weight is 342 g/mol. The van der Waals surface area contributed by atoms with Crippen LogP contribution in [0.5, 0.6) is 0 Å². The van der Waals surface area contributed by atoms with Crippen molar-refractivity contribution in [1.29, 1.82) is 0 Å². The van der Waals surface area contributed by atoms with Crippen LogP contribution in [0.4, 0.5) is 10.1 Å². The van der Waals surface area contributed by atoms with Crippen molar-refractivity contribution in [3.8, 4) is 0 Å². The fourth-order valence-corrected chi connectivity index (χ4v) is 3.43. The molecule has 126 valence electrons. The number of halogens is 2. The molecule has 1 aromatic rings. The van der Waals surface area contributed by atoms with Crippen LogP contribution in [0.3, 0.4) is 0 Å². The number of anilines is 1. The quantitative estimate of drug-likeness (QED) is 0.882. The Bertz CT molecular complexity index is 611. The second-order valence-corrected chi connectivity index (χ2v) is 5.92. The Hall–Kier alpha value is -1.66. The SMILES string of the molecule is CNCC1CCCN1C(=O)C1CC(=O)Nc2cc(F)ccc21.Cl. The Labute approximate surface area is 141 Å². The molecule has 1 fully saturated rings. The monoisotopic (exact) mass is 341 g/mol. The van der Waals surface area contributed by atoms with Crippen LogP contribution in [0, 0.1) is 5.82 Å². The zero-order chi connectivity index (χ0) is 15.7. The first-order valence-corrected chi connectivity index (χ1v) is 7.64. The minimum atomic E-state index is -0.512. The van der Waals surface area contributed by atoms with Crippen LogP contribution >= 0.6 is 12.4 Å². The van der Waals surface area contributed by atoms with Gasteiger partial charge in [-0.15, -0.1) is 12.4 Å². The van der Waals surface area contributed by atoms with Crippen molar-refractivity contribution in [3.05, 3.63) is 29.6 Å². The summed E-state index contributed by atoms with van der Waals surface area (Å²) in [6.45, 7) is 1.47. The van der Waals surface area contributed by atoms with Gasteiger partial charge in [-0.25, -0.2) is 4.39 Å². The van der Waals surface area contributed by atoms with Crippen molar-refractivity contribution in [2.75, 3.05) is 25.5 Å². The molecule has 2 aliphatic heterocycles. The maximum atomic E-state index is 13.4. The molecular formula is C16H21ClFN3O2. The lowest BCUT2D eigenvalue weighted by Gasteiger charge is -2.31. The van der Waals surface area contributed by atoms with Gasteiger partial charge in [0.15, 0.2) is 0 Å². The highest BCUT2D eigenvalue weighted by atomic mass is 35.5. The average Bonchev–Trinajstić information content (AvgIpc) is 2.94. The number of fused-ring (bicyclic) bond motifs is 1. The van der Waals surface area contributed by atoms with Gasteiger partial charge in [0.1, 0.15) is 5.82 Å². The maximum absolute atomic E-state index is 13.4. The maximum Gasteiger partial charge on any atom is 0.231 e. The van der Waals surface area contributed by atoms with E-state index in [0.717, 1.165) is 25.9 Å². The molecule has 2 atom stereocenters. The minimum absolute atomic E-state index is 0. The lowest BCUT2D eigenvalue weighted by Crippen LogP contribution is -2.44. The van der Waals surface area contributed by atoms with E-state index in [9.17, 15) is 14.0 Å². The summed E-state index contributed by atoms with van der Waals surface area (Å²) in [4.78, 5) is 26.6. The van der Waals surface area contributed by atoms with Gasteiger partial charge in [0, 0.05) is 31.2 Å². The number of benzene rings is 1. The number of nitrogens with zero attached hydrogens (tertiary/aromatic N) is 1. The predicted octanol–water partition coefficient (Wildman–Crippen LogP) is 1.88. The molecule has 2 aliphatic rings. The molecule has 2 N–H and O–H groups in total. The van der Waals surface area contributed by atoms with E-state index in [1.807, 2.05) is 11.9 Å². The van der Waals surface area contributed by atoms with E-state index in [1.165, 1.54) is 12.1 Å². The van der Waals surface area contributed by atoms with Gasteiger partial charge in [-0.1, -0.05) is 6.07 Å². The van der Waals surface area contributed by atoms with Crippen molar-refractivity contribution >= 4 is 29.9 Å². The van der Waals surface area contributed by atoms with Crippen LogP contribution in [0.15, 0.2) is 18.2 Å². The summed E-state index contributed by atoms with van der Waals surface area (Å²) >= 11 is 0. The molecule has 2 amide bonds. The smallest absolute Gasteiger partial charge is 0.231 e. The molecule has 2 unspecified atom stereocenters. The Kier molecular flexibility index (Phi) is 5.59. The number of nitrogens with one attached hydrogen (secondary N) is 2. The highest BCUT2D eigenvalue weighted by Crippen LogP contribution is 2.35. The van der Waals surface area contributed by atoms with Crippen LogP contribution in [-0.4, -0.2) is 42.9 Å². The van der Waals surface area contributed by atoms with Crippen LogP contribution in [-0.2, 0) is 9.59 Å². The molecular weight excluding hydrogens is 321 g/mol. The molecule has 0 aliphatic carbocycles. The number of likely N-dealkylation sites (tertiary alicyclic amines) is 1. The van der Waals surface area contributed by atoms with Gasteiger partial charge in [0.05, 0.1) is 5.92 Å². The van der Waals surface area contributed by atoms with Crippen molar-refractivity contribution in [2.45, 2.75) is 31.2 Å². The highest BCUT2D eigenvalue weighted by molar-refractivity contribution is 6.01. The second kappa shape index (κ2) is 7.27. The molecule has 1 saturated heterocycles. The largest absolute Gasteiger partial charge is 0.338 e. The molecule has 0 spiro atoms. The molecule has 3 rings (SSSR count). The summed E-state index contributed by atoms with van der Waals surface area (Å²) < 4.78 is 13.4. The third-order valence-electron chi connectivity index (χ3n) is 4.45. The number of carbonyl (C=O) groups is 2. The van der Waals surface area contributed by atoms with Gasteiger partial charge in [0.25, 0.3) is 0 Å². The number of amides is 2. The Morgan fingerprint density at radius 3 is 3.00 bits per heavy atom. The van der Waals surface area contributed by atoms with Crippen LogP contribution in [0.2, 0.25) is 0 Å². The summed E-state index contributed by atoms with van der Waals surface area (Å²) in [5, 5.41) is 5.76. The highest BCUT2D eigenvalue weighted by Gasteiger charge is 2.37. The molecule has 1 aromatic carbocycles. The third-order valence-corrected chi connectivity index (χ3v) is 4.45. The van der Waals surface area contributed by atoms with E-state index in [-0.39, 0.29) is 36.7 Å². The Morgan fingerprint density at radius 1 is 1.48 bits per heavy atom. The molecule has 5 nitrogen and oxygen atoms in total. The normalized spacial score (nSPS) is 23.0. The number of hydrogen-bond donors (Lipinski definition) is 2. The molecule has 0 radical (unpaired) electrons. The van der Waals surface area contributed by atoms with Crippen molar-refractivity contribution in [1.82, 2.24) is 10.2 Å². The van der Waals surface area contributed by atoms with E-state index >= 15 is 0 Å². The topological polar surface area (TPSA) is 61.4 Å². The van der Waals surface area contributed by atoms with Gasteiger partial charge in [-0.3, -0.25) is 9.59 Å². The van der Waals surface area contributed by atoms with E-state index in [1.54, 1.807) is 6.07 Å². The lowest BCUT2D eigenvalue weighted by atomic mass is 9.89. The first kappa shape index (κ1) is 17.7. The number of likely N-dealkylation sites (N-methyl/N-ethyl adjacent to an activating group) is 1. The molecule has 7 heteroatoms. The third kappa shape index (κ3) is 3.48. The van der Waals surface area contributed by atoms with Gasteiger partial charge >= 0.3 is 0 Å².